The van der Waals surface area contributed by atoms with Crippen molar-refractivity contribution in [1.82, 2.24) is 9.80 Å². The molecule has 6 nitrogen and oxygen atoms in total. The van der Waals surface area contributed by atoms with Crippen molar-refractivity contribution in [2.75, 3.05) is 45.7 Å². The fourth-order valence-corrected chi connectivity index (χ4v) is 2.79. The second-order valence-corrected chi connectivity index (χ2v) is 6.65. The molecule has 1 aromatic carbocycles. The summed E-state index contributed by atoms with van der Waals surface area (Å²) >= 11 is 0. The molecule has 2 amide bonds. The van der Waals surface area contributed by atoms with E-state index < -0.39 is 0 Å². The molecule has 1 fully saturated rings. The minimum absolute atomic E-state index is 0.0778. The fourth-order valence-electron chi connectivity index (χ4n) is 2.79. The van der Waals surface area contributed by atoms with Crippen molar-refractivity contribution in [3.8, 4) is 0 Å². The number of anilines is 1. The van der Waals surface area contributed by atoms with Crippen molar-refractivity contribution in [1.29, 1.82) is 0 Å². The van der Waals surface area contributed by atoms with Gasteiger partial charge >= 0.3 is 0 Å². The quantitative estimate of drug-likeness (QED) is 0.893. The van der Waals surface area contributed by atoms with Crippen LogP contribution in [0.5, 0.6) is 0 Å². The number of ether oxygens (including phenoxy) is 1. The van der Waals surface area contributed by atoms with Gasteiger partial charge in [0.1, 0.15) is 0 Å². The second kappa shape index (κ2) is 7.77. The van der Waals surface area contributed by atoms with E-state index in [1.807, 2.05) is 0 Å². The largest absolute Gasteiger partial charge is 0.378 e. The van der Waals surface area contributed by atoms with Crippen LogP contribution in [-0.2, 0) is 9.53 Å². The highest BCUT2D eigenvalue weighted by atomic mass is 16.5. The van der Waals surface area contributed by atoms with Crippen molar-refractivity contribution in [2.45, 2.75) is 25.8 Å². The van der Waals surface area contributed by atoms with E-state index in [0.717, 1.165) is 13.0 Å². The van der Waals surface area contributed by atoms with Gasteiger partial charge in [0.05, 0.1) is 19.8 Å². The number of benzene rings is 1. The van der Waals surface area contributed by atoms with E-state index in [1.165, 1.54) is 4.90 Å². The van der Waals surface area contributed by atoms with Crippen molar-refractivity contribution in [3.05, 3.63) is 29.8 Å². The zero-order valence-corrected chi connectivity index (χ0v) is 15.0. The van der Waals surface area contributed by atoms with Gasteiger partial charge in [-0.1, -0.05) is 13.0 Å². The average Bonchev–Trinajstić information content (AvgIpc) is 2.56. The Balaban J connectivity index is 2.02. The highest BCUT2D eigenvalue weighted by Gasteiger charge is 2.34. The van der Waals surface area contributed by atoms with E-state index in [0.29, 0.717) is 31.0 Å². The lowest BCUT2D eigenvalue weighted by molar-refractivity contribution is -0.123. The highest BCUT2D eigenvalue weighted by Crippen LogP contribution is 2.23. The number of amides is 2. The molecule has 0 aliphatic carbocycles. The molecule has 0 aromatic heterocycles. The number of hydrogen-bond donors (Lipinski definition) is 1. The summed E-state index contributed by atoms with van der Waals surface area (Å²) in [6, 6.07) is 7.02. The number of carbonyl (C=O) groups is 2. The minimum atomic E-state index is -0.113. The molecule has 1 aliphatic rings. The third-order valence-electron chi connectivity index (χ3n) is 4.58. The monoisotopic (exact) mass is 333 g/mol. The molecular weight excluding hydrogens is 306 g/mol. The van der Waals surface area contributed by atoms with Crippen LogP contribution in [0.3, 0.4) is 0 Å². The smallest absolute Gasteiger partial charge is 0.253 e. The third-order valence-corrected chi connectivity index (χ3v) is 4.58. The van der Waals surface area contributed by atoms with Crippen LogP contribution in [0.25, 0.3) is 0 Å². The Hall–Kier alpha value is -1.92. The maximum absolute atomic E-state index is 12.4. The molecule has 0 spiro atoms. The van der Waals surface area contributed by atoms with E-state index in [9.17, 15) is 9.59 Å². The third kappa shape index (κ3) is 4.33. The van der Waals surface area contributed by atoms with Gasteiger partial charge < -0.3 is 15.0 Å². The van der Waals surface area contributed by atoms with Gasteiger partial charge in [0.2, 0.25) is 5.91 Å². The van der Waals surface area contributed by atoms with Gasteiger partial charge in [-0.2, -0.15) is 0 Å². The second-order valence-electron chi connectivity index (χ2n) is 6.65. The Morgan fingerprint density at radius 1 is 1.38 bits per heavy atom. The summed E-state index contributed by atoms with van der Waals surface area (Å²) in [6.07, 6.45) is 0.924. The number of carbonyl (C=O) groups excluding carboxylic acids is 2. The summed E-state index contributed by atoms with van der Waals surface area (Å²) in [5, 5.41) is 2.89. The topological polar surface area (TPSA) is 61.9 Å². The molecule has 24 heavy (non-hydrogen) atoms. The maximum atomic E-state index is 12.4. The Morgan fingerprint density at radius 2 is 2.12 bits per heavy atom. The summed E-state index contributed by atoms with van der Waals surface area (Å²) in [5.74, 6) is -0.163. The van der Waals surface area contributed by atoms with Crippen LogP contribution in [0.4, 0.5) is 5.69 Å². The molecule has 2 rings (SSSR count). The van der Waals surface area contributed by atoms with Crippen molar-refractivity contribution in [3.63, 3.8) is 0 Å². The van der Waals surface area contributed by atoms with E-state index in [4.69, 9.17) is 4.74 Å². The van der Waals surface area contributed by atoms with Gasteiger partial charge in [-0.25, -0.2) is 0 Å². The summed E-state index contributed by atoms with van der Waals surface area (Å²) in [6.45, 7) is 6.58. The first-order chi connectivity index (χ1) is 11.4. The van der Waals surface area contributed by atoms with Crippen LogP contribution in [0.15, 0.2) is 24.3 Å². The average molecular weight is 333 g/mol. The van der Waals surface area contributed by atoms with Crippen molar-refractivity contribution < 1.29 is 14.3 Å². The molecule has 0 bridgehead atoms. The van der Waals surface area contributed by atoms with Crippen LogP contribution in [-0.4, -0.2) is 67.6 Å². The molecule has 1 saturated heterocycles. The lowest BCUT2D eigenvalue weighted by atomic mass is 9.96. The molecule has 0 saturated carbocycles. The van der Waals surface area contributed by atoms with Crippen LogP contribution in [0, 0.1) is 0 Å². The van der Waals surface area contributed by atoms with Crippen molar-refractivity contribution in [2.24, 2.45) is 0 Å². The first kappa shape index (κ1) is 18.4. The molecule has 0 radical (unpaired) electrons. The number of nitrogens with one attached hydrogen (secondary N) is 1. The SMILES string of the molecule is CC[C@]1(C)COCCN1CC(=O)Nc1cccc(C(=O)N(C)C)c1. The molecule has 1 heterocycles. The normalized spacial score (nSPS) is 21.3. The Labute approximate surface area is 143 Å². The summed E-state index contributed by atoms with van der Waals surface area (Å²) in [7, 11) is 3.41. The molecule has 0 unspecified atom stereocenters. The predicted molar refractivity (Wildman–Crippen MR) is 94.2 cm³/mol. The summed E-state index contributed by atoms with van der Waals surface area (Å²) < 4.78 is 5.56. The molecule has 132 valence electrons. The van der Waals surface area contributed by atoms with E-state index in [2.05, 4.69) is 24.1 Å². The molecular formula is C18H27N3O3. The fraction of sp³-hybridized carbons (Fsp3) is 0.556. The molecule has 1 atom stereocenters. The summed E-state index contributed by atoms with van der Waals surface area (Å²) in [4.78, 5) is 28.1. The first-order valence-electron chi connectivity index (χ1n) is 8.30. The van der Waals surface area contributed by atoms with Gasteiger partial charge in [-0.05, 0) is 31.5 Å². The van der Waals surface area contributed by atoms with Crippen LogP contribution in [0.1, 0.15) is 30.6 Å². The number of hydrogen-bond acceptors (Lipinski definition) is 4. The number of rotatable bonds is 5. The molecule has 6 heteroatoms. The molecule has 1 aromatic rings. The Morgan fingerprint density at radius 3 is 2.79 bits per heavy atom. The van der Waals surface area contributed by atoms with Gasteiger partial charge in [0, 0.05) is 37.4 Å². The molecule has 1 N–H and O–H groups in total. The van der Waals surface area contributed by atoms with Gasteiger partial charge in [-0.3, -0.25) is 14.5 Å². The standard InChI is InChI=1S/C18H27N3O3/c1-5-18(2)13-24-10-9-21(18)12-16(22)19-15-8-6-7-14(11-15)17(23)20(3)4/h6-8,11H,5,9-10,12-13H2,1-4H3,(H,19,22)/t18-/m1/s1. The number of morpholine rings is 1. The molecule has 1 aliphatic heterocycles. The van der Waals surface area contributed by atoms with Crippen molar-refractivity contribution >= 4 is 17.5 Å². The lowest BCUT2D eigenvalue weighted by Crippen LogP contribution is -2.56. The zero-order chi connectivity index (χ0) is 17.7. The number of nitrogens with zero attached hydrogens (tertiary/aromatic N) is 2. The van der Waals surface area contributed by atoms with Crippen LogP contribution >= 0.6 is 0 Å². The van der Waals surface area contributed by atoms with Gasteiger partial charge in [0.25, 0.3) is 5.91 Å². The summed E-state index contributed by atoms with van der Waals surface area (Å²) in [5.41, 5.74) is 1.08. The van der Waals surface area contributed by atoms with E-state index >= 15 is 0 Å². The maximum Gasteiger partial charge on any atom is 0.253 e. The predicted octanol–water partition coefficient (Wildman–Crippen LogP) is 1.83. The zero-order valence-electron chi connectivity index (χ0n) is 15.0. The Kier molecular flexibility index (Phi) is 5.96. The van der Waals surface area contributed by atoms with Gasteiger partial charge in [-0.15, -0.1) is 0 Å². The first-order valence-corrected chi connectivity index (χ1v) is 8.30. The minimum Gasteiger partial charge on any atom is -0.378 e. The van der Waals surface area contributed by atoms with E-state index in [-0.39, 0.29) is 17.4 Å². The Bertz CT molecular complexity index is 603. The van der Waals surface area contributed by atoms with Crippen LogP contribution in [0.2, 0.25) is 0 Å². The van der Waals surface area contributed by atoms with E-state index in [1.54, 1.807) is 38.4 Å². The highest BCUT2D eigenvalue weighted by molar-refractivity contribution is 5.97. The lowest BCUT2D eigenvalue weighted by Gasteiger charge is -2.43. The van der Waals surface area contributed by atoms with Gasteiger partial charge in [0.15, 0.2) is 0 Å². The van der Waals surface area contributed by atoms with Crippen LogP contribution < -0.4 is 5.32 Å².